The Labute approximate surface area is 135 Å². The minimum Gasteiger partial charge on any atom is -0.391 e. The van der Waals surface area contributed by atoms with Gasteiger partial charge in [-0.3, -0.25) is 4.79 Å². The molecule has 2 heterocycles. The number of halogens is 3. The summed E-state index contributed by atoms with van der Waals surface area (Å²) >= 11 is 0. The predicted molar refractivity (Wildman–Crippen MR) is 76.8 cm³/mol. The van der Waals surface area contributed by atoms with Crippen molar-refractivity contribution < 1.29 is 23.1 Å². The number of carbonyl (C=O) groups is 1. The second-order valence-corrected chi connectivity index (χ2v) is 5.69. The molecule has 0 radical (unpaired) electrons. The van der Waals surface area contributed by atoms with Gasteiger partial charge in [-0.05, 0) is 18.1 Å². The third-order valence-electron chi connectivity index (χ3n) is 4.10. The predicted octanol–water partition coefficient (Wildman–Crippen LogP) is 1.78. The number of aliphatic hydroxyl groups is 1. The number of hydrogen-bond donors (Lipinski definition) is 1. The molecule has 9 heteroatoms. The van der Waals surface area contributed by atoms with Gasteiger partial charge < -0.3 is 10.0 Å². The van der Waals surface area contributed by atoms with E-state index in [0.717, 1.165) is 6.07 Å². The van der Waals surface area contributed by atoms with Crippen LogP contribution in [0.5, 0.6) is 0 Å². The molecule has 24 heavy (non-hydrogen) atoms. The van der Waals surface area contributed by atoms with E-state index < -0.39 is 29.8 Å². The van der Waals surface area contributed by atoms with Crippen molar-refractivity contribution in [3.8, 4) is 0 Å². The molecule has 128 valence electrons. The number of alkyl halides is 3. The lowest BCUT2D eigenvalue weighted by molar-refractivity contribution is -0.138. The maximum atomic E-state index is 13.3. The maximum absolute atomic E-state index is 13.3. The quantitative estimate of drug-likeness (QED) is 0.905. The molecule has 2 aromatic rings. The number of benzene rings is 1. The van der Waals surface area contributed by atoms with Gasteiger partial charge in [0.1, 0.15) is 5.69 Å². The summed E-state index contributed by atoms with van der Waals surface area (Å²) in [6.45, 7) is -0.0408. The van der Waals surface area contributed by atoms with Crippen LogP contribution in [0.25, 0.3) is 0 Å². The molecule has 0 unspecified atom stereocenters. The smallest absolute Gasteiger partial charge is 0.391 e. The summed E-state index contributed by atoms with van der Waals surface area (Å²) in [6, 6.07) is 4.25. The number of amides is 1. The van der Waals surface area contributed by atoms with E-state index in [4.69, 9.17) is 0 Å². The lowest BCUT2D eigenvalue weighted by Crippen LogP contribution is -2.33. The summed E-state index contributed by atoms with van der Waals surface area (Å²) in [7, 11) is 1.52. The fraction of sp³-hybridized carbons (Fsp3) is 0.400. The Morgan fingerprint density at radius 1 is 1.33 bits per heavy atom. The highest BCUT2D eigenvalue weighted by molar-refractivity contribution is 5.92. The van der Waals surface area contributed by atoms with Crippen LogP contribution in [0.1, 0.15) is 34.1 Å². The van der Waals surface area contributed by atoms with Crippen molar-refractivity contribution >= 4 is 5.91 Å². The fourth-order valence-electron chi connectivity index (χ4n) is 3.01. The van der Waals surface area contributed by atoms with Crippen molar-refractivity contribution in [1.82, 2.24) is 19.9 Å². The number of nitrogens with zero attached hydrogens (tertiary/aromatic N) is 4. The Morgan fingerprint density at radius 2 is 2.04 bits per heavy atom. The van der Waals surface area contributed by atoms with Gasteiger partial charge in [0.2, 0.25) is 0 Å². The Balaban J connectivity index is 2.01. The average molecular weight is 340 g/mol. The molecule has 1 aromatic carbocycles. The fourth-order valence-corrected chi connectivity index (χ4v) is 3.01. The highest BCUT2D eigenvalue weighted by Crippen LogP contribution is 2.40. The molecule has 1 aliphatic rings. The molecule has 1 aromatic heterocycles. The highest BCUT2D eigenvalue weighted by atomic mass is 19.4. The van der Waals surface area contributed by atoms with Crippen molar-refractivity contribution in [2.45, 2.75) is 24.7 Å². The largest absolute Gasteiger partial charge is 0.416 e. The summed E-state index contributed by atoms with van der Waals surface area (Å²) in [4.78, 5) is 13.9. The number of carbonyl (C=O) groups excluding carboxylic acids is 1. The maximum Gasteiger partial charge on any atom is 0.416 e. The second-order valence-electron chi connectivity index (χ2n) is 5.69. The standard InChI is InChI=1S/C15H15F3N4O2/c1-21-13(7-19-20-21)14(24)22-8-9(23)6-12(22)10-4-2-3-5-11(10)15(16,17)18/h2-5,7,9,12,23H,6,8H2,1H3/t9-,12+/m1/s1. The Hall–Kier alpha value is -2.42. The molecule has 0 aliphatic carbocycles. The lowest BCUT2D eigenvalue weighted by Gasteiger charge is -2.26. The third kappa shape index (κ3) is 2.86. The minimum absolute atomic E-state index is 0.0231. The van der Waals surface area contributed by atoms with Crippen molar-refractivity contribution in [3.63, 3.8) is 0 Å². The molecular weight excluding hydrogens is 325 g/mol. The number of β-amino-alcohol motifs (C(OH)–C–C–N with tert-alkyl or cyclic N) is 1. The Kier molecular flexibility index (Phi) is 4.04. The lowest BCUT2D eigenvalue weighted by atomic mass is 9.97. The van der Waals surface area contributed by atoms with Crippen LogP contribution in [0.15, 0.2) is 30.5 Å². The second kappa shape index (κ2) is 5.90. The zero-order valence-electron chi connectivity index (χ0n) is 12.7. The van der Waals surface area contributed by atoms with E-state index in [0.29, 0.717) is 0 Å². The normalized spacial score (nSPS) is 21.3. The van der Waals surface area contributed by atoms with Gasteiger partial charge in [-0.1, -0.05) is 23.4 Å². The molecule has 3 rings (SSSR count). The van der Waals surface area contributed by atoms with Crippen LogP contribution < -0.4 is 0 Å². The molecule has 6 nitrogen and oxygen atoms in total. The topological polar surface area (TPSA) is 71.2 Å². The van der Waals surface area contributed by atoms with Gasteiger partial charge >= 0.3 is 6.18 Å². The van der Waals surface area contributed by atoms with Gasteiger partial charge in [0.25, 0.3) is 5.91 Å². The van der Waals surface area contributed by atoms with Gasteiger partial charge in [0.05, 0.1) is 23.9 Å². The van der Waals surface area contributed by atoms with Crippen LogP contribution in [-0.2, 0) is 13.2 Å². The molecule has 1 N–H and O–H groups in total. The van der Waals surface area contributed by atoms with E-state index in [1.807, 2.05) is 0 Å². The molecule has 1 fully saturated rings. The zero-order chi connectivity index (χ0) is 17.5. The van der Waals surface area contributed by atoms with Crippen molar-refractivity contribution in [2.75, 3.05) is 6.54 Å². The molecule has 1 aliphatic heterocycles. The zero-order valence-corrected chi connectivity index (χ0v) is 12.7. The Bertz CT molecular complexity index is 759. The molecule has 0 bridgehead atoms. The van der Waals surface area contributed by atoms with Crippen LogP contribution in [0.2, 0.25) is 0 Å². The van der Waals surface area contributed by atoms with Gasteiger partial charge in [0, 0.05) is 13.6 Å². The van der Waals surface area contributed by atoms with Gasteiger partial charge in [-0.2, -0.15) is 13.2 Å². The number of aromatic nitrogens is 3. The summed E-state index contributed by atoms with van der Waals surface area (Å²) in [5, 5.41) is 17.2. The number of aryl methyl sites for hydroxylation is 1. The van der Waals surface area contributed by atoms with E-state index in [1.54, 1.807) is 0 Å². The summed E-state index contributed by atoms with van der Waals surface area (Å²) < 4.78 is 41.1. The summed E-state index contributed by atoms with van der Waals surface area (Å²) in [5.41, 5.74) is -0.673. The average Bonchev–Trinajstić information content (AvgIpc) is 3.11. The molecule has 1 amide bonds. The van der Waals surface area contributed by atoms with E-state index >= 15 is 0 Å². The highest BCUT2D eigenvalue weighted by Gasteiger charge is 2.42. The van der Waals surface area contributed by atoms with E-state index in [-0.39, 0.29) is 24.2 Å². The van der Waals surface area contributed by atoms with Crippen LogP contribution >= 0.6 is 0 Å². The van der Waals surface area contributed by atoms with Crippen LogP contribution in [0, 0.1) is 0 Å². The first-order valence-corrected chi connectivity index (χ1v) is 7.29. The van der Waals surface area contributed by atoms with E-state index in [2.05, 4.69) is 10.3 Å². The molecular formula is C15H15F3N4O2. The number of rotatable bonds is 2. The SMILES string of the molecule is Cn1nncc1C(=O)N1C[C@H](O)C[C@H]1c1ccccc1C(F)(F)F. The van der Waals surface area contributed by atoms with Crippen molar-refractivity contribution in [3.05, 3.63) is 47.3 Å². The first-order valence-electron chi connectivity index (χ1n) is 7.29. The van der Waals surface area contributed by atoms with Gasteiger partial charge in [-0.15, -0.1) is 5.10 Å². The molecule has 0 saturated carbocycles. The molecule has 0 spiro atoms. The number of likely N-dealkylation sites (tertiary alicyclic amines) is 1. The first-order chi connectivity index (χ1) is 11.3. The minimum atomic E-state index is -4.53. The van der Waals surface area contributed by atoms with Gasteiger partial charge in [0.15, 0.2) is 0 Å². The first kappa shape index (κ1) is 16.4. The molecule has 2 atom stereocenters. The van der Waals surface area contributed by atoms with E-state index in [9.17, 15) is 23.1 Å². The number of hydrogen-bond acceptors (Lipinski definition) is 4. The molecule has 1 saturated heterocycles. The van der Waals surface area contributed by atoms with Crippen LogP contribution in [-0.4, -0.2) is 43.6 Å². The van der Waals surface area contributed by atoms with Crippen molar-refractivity contribution in [2.24, 2.45) is 7.05 Å². The Morgan fingerprint density at radius 3 is 2.67 bits per heavy atom. The number of aliphatic hydroxyl groups excluding tert-OH is 1. The summed E-state index contributed by atoms with van der Waals surface area (Å²) in [5.74, 6) is -0.513. The van der Waals surface area contributed by atoms with Crippen molar-refractivity contribution in [1.29, 1.82) is 0 Å². The third-order valence-corrected chi connectivity index (χ3v) is 4.10. The van der Waals surface area contributed by atoms with E-state index in [1.165, 1.54) is 41.0 Å². The van der Waals surface area contributed by atoms with Crippen LogP contribution in [0.3, 0.4) is 0 Å². The monoisotopic (exact) mass is 340 g/mol. The summed E-state index contributed by atoms with van der Waals surface area (Å²) in [6.07, 6.45) is -4.13. The van der Waals surface area contributed by atoms with Crippen LogP contribution in [0.4, 0.5) is 13.2 Å². The van der Waals surface area contributed by atoms with Gasteiger partial charge in [-0.25, -0.2) is 4.68 Å².